The van der Waals surface area contributed by atoms with Crippen LogP contribution in [-0.2, 0) is 0 Å². The summed E-state index contributed by atoms with van der Waals surface area (Å²) in [5.41, 5.74) is 6.55. The Morgan fingerprint density at radius 3 is 2.19 bits per heavy atom. The van der Waals surface area contributed by atoms with Gasteiger partial charge in [-0.3, -0.25) is 4.79 Å². The van der Waals surface area contributed by atoms with Crippen molar-refractivity contribution in [3.63, 3.8) is 0 Å². The van der Waals surface area contributed by atoms with E-state index in [-0.39, 0.29) is 11.7 Å². The van der Waals surface area contributed by atoms with Crippen molar-refractivity contribution in [1.82, 2.24) is 0 Å². The molecule has 86 valence electrons. The number of anilines is 1. The van der Waals surface area contributed by atoms with Gasteiger partial charge in [0.1, 0.15) is 0 Å². The van der Waals surface area contributed by atoms with Crippen molar-refractivity contribution in [3.8, 4) is 0 Å². The van der Waals surface area contributed by atoms with Gasteiger partial charge in [-0.2, -0.15) is 0 Å². The molecule has 16 heavy (non-hydrogen) atoms. The average molecular weight is 258 g/mol. The third kappa shape index (κ3) is 2.18. The highest BCUT2D eigenvalue weighted by atomic mass is 35.5. The van der Waals surface area contributed by atoms with E-state index in [1.807, 2.05) is 0 Å². The Morgan fingerprint density at radius 2 is 1.69 bits per heavy atom. The first-order chi connectivity index (χ1) is 7.59. The summed E-state index contributed by atoms with van der Waals surface area (Å²) >= 11 is 11.8. The number of carbonyl (C=O) groups is 1. The number of benzene rings is 1. The number of nitrogen functional groups attached to an aromatic ring is 1. The number of rotatable bonds is 2. The maximum atomic E-state index is 12.1. The Labute approximate surface area is 105 Å². The largest absolute Gasteiger partial charge is 0.396 e. The topological polar surface area (TPSA) is 43.1 Å². The maximum Gasteiger partial charge on any atom is 0.166 e. The van der Waals surface area contributed by atoms with E-state index in [9.17, 15) is 4.79 Å². The van der Waals surface area contributed by atoms with Crippen LogP contribution >= 0.6 is 23.2 Å². The summed E-state index contributed by atoms with van der Waals surface area (Å²) < 4.78 is 0. The number of halogens is 2. The molecule has 1 fully saturated rings. The quantitative estimate of drug-likeness (QED) is 0.644. The second-order valence-electron chi connectivity index (χ2n) is 4.20. The van der Waals surface area contributed by atoms with Crippen LogP contribution in [0.2, 0.25) is 10.0 Å². The molecule has 1 aliphatic carbocycles. The summed E-state index contributed by atoms with van der Waals surface area (Å²) in [6, 6.07) is 3.23. The van der Waals surface area contributed by atoms with Crippen LogP contribution in [-0.4, -0.2) is 5.78 Å². The summed E-state index contributed by atoms with van der Waals surface area (Å²) in [5, 5.41) is 0.711. The lowest BCUT2D eigenvalue weighted by molar-refractivity contribution is 0.0923. The zero-order valence-electron chi connectivity index (χ0n) is 8.80. The number of ketones is 1. The van der Waals surface area contributed by atoms with Crippen molar-refractivity contribution >= 4 is 34.7 Å². The number of carbonyl (C=O) groups excluding carboxylic acids is 1. The third-order valence-corrected chi connectivity index (χ3v) is 3.71. The molecule has 0 aromatic heterocycles. The van der Waals surface area contributed by atoms with E-state index in [0.717, 1.165) is 25.7 Å². The van der Waals surface area contributed by atoms with Gasteiger partial charge in [0.05, 0.1) is 15.7 Å². The van der Waals surface area contributed by atoms with Gasteiger partial charge in [0.15, 0.2) is 5.78 Å². The minimum absolute atomic E-state index is 0.135. The van der Waals surface area contributed by atoms with Gasteiger partial charge in [0.2, 0.25) is 0 Å². The van der Waals surface area contributed by atoms with Crippen LogP contribution in [0.3, 0.4) is 0 Å². The van der Waals surface area contributed by atoms with E-state index in [2.05, 4.69) is 0 Å². The summed E-state index contributed by atoms with van der Waals surface area (Å²) in [4.78, 5) is 12.1. The Morgan fingerprint density at radius 1 is 1.19 bits per heavy atom. The molecule has 4 heteroatoms. The minimum Gasteiger partial charge on any atom is -0.396 e. The fraction of sp³-hybridized carbons (Fsp3) is 0.417. The highest BCUT2D eigenvalue weighted by Crippen LogP contribution is 2.33. The van der Waals surface area contributed by atoms with E-state index in [1.165, 1.54) is 0 Å². The van der Waals surface area contributed by atoms with Gasteiger partial charge in [-0.25, -0.2) is 0 Å². The van der Waals surface area contributed by atoms with Gasteiger partial charge < -0.3 is 5.73 Å². The van der Waals surface area contributed by atoms with Gasteiger partial charge in [-0.15, -0.1) is 0 Å². The summed E-state index contributed by atoms with van der Waals surface area (Å²) in [6.45, 7) is 0. The molecular formula is C12H13Cl2NO. The maximum absolute atomic E-state index is 12.1. The molecule has 2 nitrogen and oxygen atoms in total. The molecule has 0 aliphatic heterocycles. The first kappa shape index (κ1) is 11.7. The Kier molecular flexibility index (Phi) is 3.41. The molecule has 0 spiro atoms. The van der Waals surface area contributed by atoms with Gasteiger partial charge >= 0.3 is 0 Å². The second kappa shape index (κ2) is 4.64. The zero-order chi connectivity index (χ0) is 11.7. The van der Waals surface area contributed by atoms with Crippen molar-refractivity contribution < 1.29 is 4.79 Å². The minimum atomic E-state index is 0.135. The molecule has 2 N–H and O–H groups in total. The predicted molar refractivity (Wildman–Crippen MR) is 67.2 cm³/mol. The predicted octanol–water partition coefficient (Wildman–Crippen LogP) is 3.95. The molecule has 0 saturated heterocycles. The smallest absolute Gasteiger partial charge is 0.166 e. The van der Waals surface area contributed by atoms with Gasteiger partial charge in [0.25, 0.3) is 0 Å². The van der Waals surface area contributed by atoms with E-state index < -0.39 is 0 Å². The lowest BCUT2D eigenvalue weighted by Crippen LogP contribution is -2.11. The van der Waals surface area contributed by atoms with Gasteiger partial charge in [-0.05, 0) is 25.0 Å². The monoisotopic (exact) mass is 257 g/mol. The van der Waals surface area contributed by atoms with Crippen LogP contribution in [0.15, 0.2) is 12.1 Å². The molecule has 1 saturated carbocycles. The van der Waals surface area contributed by atoms with Crippen LogP contribution in [0, 0.1) is 5.92 Å². The SMILES string of the molecule is Nc1c(Cl)cc(C(=O)C2CCCC2)cc1Cl. The molecule has 2 rings (SSSR count). The van der Waals surface area contributed by atoms with Crippen molar-refractivity contribution in [1.29, 1.82) is 0 Å². The fourth-order valence-corrected chi connectivity index (χ4v) is 2.64. The molecule has 0 heterocycles. The molecule has 0 bridgehead atoms. The number of Topliss-reactive ketones (excluding diaryl/α,β-unsaturated/α-hetero) is 1. The fourth-order valence-electron chi connectivity index (χ4n) is 2.15. The molecular weight excluding hydrogens is 245 g/mol. The standard InChI is InChI=1S/C12H13Cl2NO/c13-9-5-8(6-10(14)11(9)15)12(16)7-3-1-2-4-7/h5-7H,1-4,15H2. The molecule has 0 atom stereocenters. The van der Waals surface area contributed by atoms with E-state index in [0.29, 0.717) is 21.3 Å². The van der Waals surface area contributed by atoms with Crippen molar-refractivity contribution in [2.24, 2.45) is 5.92 Å². The molecule has 0 amide bonds. The molecule has 1 aromatic carbocycles. The first-order valence-electron chi connectivity index (χ1n) is 5.38. The highest BCUT2D eigenvalue weighted by Gasteiger charge is 2.24. The van der Waals surface area contributed by atoms with Crippen LogP contribution in [0.1, 0.15) is 36.0 Å². The molecule has 0 radical (unpaired) electrons. The Hall–Kier alpha value is -0.730. The molecule has 1 aromatic rings. The van der Waals surface area contributed by atoms with Crippen LogP contribution < -0.4 is 5.73 Å². The Bertz CT molecular complexity index is 402. The van der Waals surface area contributed by atoms with Crippen molar-refractivity contribution in [3.05, 3.63) is 27.7 Å². The van der Waals surface area contributed by atoms with E-state index >= 15 is 0 Å². The number of hydrogen-bond acceptors (Lipinski definition) is 2. The zero-order valence-corrected chi connectivity index (χ0v) is 10.3. The lowest BCUT2D eigenvalue weighted by atomic mass is 9.96. The highest BCUT2D eigenvalue weighted by molar-refractivity contribution is 6.39. The number of hydrogen-bond donors (Lipinski definition) is 1. The second-order valence-corrected chi connectivity index (χ2v) is 5.01. The molecule has 1 aliphatic rings. The van der Waals surface area contributed by atoms with E-state index in [4.69, 9.17) is 28.9 Å². The van der Waals surface area contributed by atoms with Gasteiger partial charge in [-0.1, -0.05) is 36.0 Å². The molecule has 0 unspecified atom stereocenters. The van der Waals surface area contributed by atoms with E-state index in [1.54, 1.807) is 12.1 Å². The van der Waals surface area contributed by atoms with Crippen LogP contribution in [0.25, 0.3) is 0 Å². The summed E-state index contributed by atoms with van der Waals surface area (Å²) in [6.07, 6.45) is 4.20. The normalized spacial score (nSPS) is 16.6. The third-order valence-electron chi connectivity index (χ3n) is 3.09. The van der Waals surface area contributed by atoms with Gasteiger partial charge in [0, 0.05) is 11.5 Å². The summed E-state index contributed by atoms with van der Waals surface area (Å²) in [7, 11) is 0. The van der Waals surface area contributed by atoms with Crippen molar-refractivity contribution in [2.45, 2.75) is 25.7 Å². The van der Waals surface area contributed by atoms with Crippen LogP contribution in [0.5, 0.6) is 0 Å². The Balaban J connectivity index is 2.29. The lowest BCUT2D eigenvalue weighted by Gasteiger charge is -2.10. The summed E-state index contributed by atoms with van der Waals surface area (Å²) in [5.74, 6) is 0.275. The average Bonchev–Trinajstić information content (AvgIpc) is 2.77. The first-order valence-corrected chi connectivity index (χ1v) is 6.14. The number of nitrogens with two attached hydrogens (primary N) is 1. The van der Waals surface area contributed by atoms with Crippen molar-refractivity contribution in [2.75, 3.05) is 5.73 Å². The van der Waals surface area contributed by atoms with Crippen LogP contribution in [0.4, 0.5) is 5.69 Å².